The van der Waals surface area contributed by atoms with E-state index in [1.165, 1.54) is 19.2 Å². The maximum absolute atomic E-state index is 12.8. The van der Waals surface area contributed by atoms with Gasteiger partial charge in [-0.1, -0.05) is 12.1 Å². The summed E-state index contributed by atoms with van der Waals surface area (Å²) < 4.78 is 36.7. The Morgan fingerprint density at radius 3 is 2.64 bits per heavy atom. The Balaban J connectivity index is 1.81. The lowest BCUT2D eigenvalue weighted by atomic mass is 9.74. The Kier molecular flexibility index (Phi) is 4.97. The monoisotopic (exact) mass is 466 g/mol. The molecule has 2 unspecified atom stereocenters. The number of aryl methyl sites for hydroxylation is 1. The average molecular weight is 467 g/mol. The largest absolute Gasteiger partial charge is 0.461 e. The van der Waals surface area contributed by atoms with Gasteiger partial charge in [0.25, 0.3) is 0 Å². The number of carbonyl (C=O) groups is 1. The molecule has 1 aromatic carbocycles. The van der Waals surface area contributed by atoms with E-state index in [2.05, 4.69) is 9.98 Å². The van der Waals surface area contributed by atoms with Crippen LogP contribution in [0.25, 0.3) is 11.0 Å². The summed E-state index contributed by atoms with van der Waals surface area (Å²) in [4.78, 5) is 34.3. The van der Waals surface area contributed by atoms with Gasteiger partial charge in [-0.25, -0.2) is 4.98 Å². The number of hydrogen-bond acceptors (Lipinski definition) is 8. The number of nitrogens with zero attached hydrogens (tertiary/aromatic N) is 2. The Hall–Kier alpha value is -3.33. The number of hydrogen-bond donors (Lipinski definition) is 0. The molecule has 8 nitrogen and oxygen atoms in total. The fourth-order valence-electron chi connectivity index (χ4n) is 4.53. The second-order valence-electron chi connectivity index (χ2n) is 8.59. The normalized spacial score (nSPS) is 20.3. The van der Waals surface area contributed by atoms with Crippen molar-refractivity contribution in [1.29, 1.82) is 0 Å². The molecule has 0 radical (unpaired) electrons. The van der Waals surface area contributed by atoms with Gasteiger partial charge in [-0.05, 0) is 45.7 Å². The molecule has 1 fully saturated rings. The van der Waals surface area contributed by atoms with Crippen molar-refractivity contribution in [2.24, 2.45) is 10.9 Å². The molecular formula is C24H22N2O6S. The van der Waals surface area contributed by atoms with Crippen LogP contribution in [0.4, 0.5) is 5.69 Å². The third-order valence-electron chi connectivity index (χ3n) is 6.13. The van der Waals surface area contributed by atoms with Crippen molar-refractivity contribution in [2.75, 3.05) is 0 Å². The van der Waals surface area contributed by atoms with Gasteiger partial charge in [0, 0.05) is 29.5 Å². The lowest BCUT2D eigenvalue weighted by molar-refractivity contribution is -0.119. The van der Waals surface area contributed by atoms with E-state index in [9.17, 15) is 18.0 Å². The highest BCUT2D eigenvalue weighted by molar-refractivity contribution is 7.88. The van der Waals surface area contributed by atoms with Crippen molar-refractivity contribution in [2.45, 2.75) is 44.8 Å². The molecule has 0 N–H and O–H groups in total. The van der Waals surface area contributed by atoms with Crippen LogP contribution in [0.15, 0.2) is 50.7 Å². The topological polar surface area (TPSA) is 116 Å². The summed E-state index contributed by atoms with van der Waals surface area (Å²) in [6, 6.07) is 8.23. The molecule has 170 valence electrons. The minimum atomic E-state index is -3.86. The molecule has 3 heterocycles. The van der Waals surface area contributed by atoms with Crippen molar-refractivity contribution in [3.63, 3.8) is 0 Å². The van der Waals surface area contributed by atoms with Crippen LogP contribution in [0.1, 0.15) is 49.5 Å². The fraction of sp³-hybridized carbons (Fsp3) is 0.333. The molecule has 1 aliphatic carbocycles. The molecule has 3 aromatic rings. The van der Waals surface area contributed by atoms with E-state index in [1.807, 2.05) is 0 Å². The first kappa shape index (κ1) is 21.5. The summed E-state index contributed by atoms with van der Waals surface area (Å²) in [6.07, 6.45) is 2.52. The molecule has 1 saturated carbocycles. The predicted octanol–water partition coefficient (Wildman–Crippen LogP) is 3.81. The second kappa shape index (κ2) is 7.62. The molecular weight excluding hydrogens is 444 g/mol. The zero-order valence-electron chi connectivity index (χ0n) is 18.4. The molecule has 0 saturated heterocycles. The third-order valence-corrected chi connectivity index (χ3v) is 7.81. The van der Waals surface area contributed by atoms with Crippen molar-refractivity contribution < 1.29 is 21.8 Å². The van der Waals surface area contributed by atoms with Crippen LogP contribution < -0.4 is 9.61 Å². The molecule has 2 aliphatic rings. The number of rotatable bonds is 5. The lowest BCUT2D eigenvalue weighted by Gasteiger charge is -2.32. The smallest absolute Gasteiger partial charge is 0.313 e. The SMILES string of the molecule is CC(=O)C1C(C)=Nc2ccnc(OS(=O)(=O)C3CC3)c2C1c1cccc2c(=O)cc(C)oc12. The molecule has 2 aromatic heterocycles. The van der Waals surface area contributed by atoms with Crippen LogP contribution in [-0.4, -0.2) is 30.1 Å². The van der Waals surface area contributed by atoms with E-state index in [4.69, 9.17) is 8.60 Å². The summed E-state index contributed by atoms with van der Waals surface area (Å²) in [5, 5.41) is -0.177. The quantitative estimate of drug-likeness (QED) is 0.525. The third kappa shape index (κ3) is 3.66. The summed E-state index contributed by atoms with van der Waals surface area (Å²) in [5.74, 6) is -1.22. The first-order chi connectivity index (χ1) is 15.7. The molecule has 0 bridgehead atoms. The highest BCUT2D eigenvalue weighted by Crippen LogP contribution is 2.48. The maximum Gasteiger partial charge on any atom is 0.313 e. The van der Waals surface area contributed by atoms with E-state index >= 15 is 0 Å². The number of aliphatic imine (C=N–C) groups is 1. The average Bonchev–Trinajstić information content (AvgIpc) is 3.58. The Bertz CT molecular complexity index is 1500. The van der Waals surface area contributed by atoms with Crippen LogP contribution in [-0.2, 0) is 14.9 Å². The number of fused-ring (bicyclic) bond motifs is 2. The van der Waals surface area contributed by atoms with E-state index in [0.717, 1.165) is 0 Å². The number of Topliss-reactive ketones (excluding diaryl/α,β-unsaturated/α-hetero) is 1. The van der Waals surface area contributed by atoms with Crippen LogP contribution >= 0.6 is 0 Å². The summed E-state index contributed by atoms with van der Waals surface area (Å²) in [6.45, 7) is 4.91. The number of pyridine rings is 1. The maximum atomic E-state index is 12.8. The van der Waals surface area contributed by atoms with Gasteiger partial charge in [-0.3, -0.25) is 14.6 Å². The summed E-state index contributed by atoms with van der Waals surface area (Å²) in [5.41, 5.74) is 2.16. The highest BCUT2D eigenvalue weighted by atomic mass is 32.2. The van der Waals surface area contributed by atoms with Crippen molar-refractivity contribution in [1.82, 2.24) is 4.98 Å². The van der Waals surface area contributed by atoms with Crippen LogP contribution in [0, 0.1) is 12.8 Å². The van der Waals surface area contributed by atoms with Crippen molar-refractivity contribution in [3.05, 3.63) is 63.6 Å². The molecule has 33 heavy (non-hydrogen) atoms. The van der Waals surface area contributed by atoms with Crippen molar-refractivity contribution >= 4 is 38.3 Å². The lowest BCUT2D eigenvalue weighted by Crippen LogP contribution is -2.31. The van der Waals surface area contributed by atoms with Crippen LogP contribution in [0.2, 0.25) is 0 Å². The fourth-order valence-corrected chi connectivity index (χ4v) is 5.73. The van der Waals surface area contributed by atoms with Gasteiger partial charge >= 0.3 is 10.1 Å². The van der Waals surface area contributed by atoms with Crippen molar-refractivity contribution in [3.8, 4) is 5.88 Å². The van der Waals surface area contributed by atoms with Crippen LogP contribution in [0.3, 0.4) is 0 Å². The van der Waals surface area contributed by atoms with E-state index < -0.39 is 27.2 Å². The van der Waals surface area contributed by atoms with Gasteiger partial charge in [0.1, 0.15) is 17.1 Å². The van der Waals surface area contributed by atoms with E-state index in [-0.39, 0.29) is 17.1 Å². The van der Waals surface area contributed by atoms with Gasteiger partial charge < -0.3 is 8.60 Å². The molecule has 0 spiro atoms. The predicted molar refractivity (Wildman–Crippen MR) is 123 cm³/mol. The van der Waals surface area contributed by atoms with Gasteiger partial charge in [-0.2, -0.15) is 8.42 Å². The minimum Gasteiger partial charge on any atom is -0.461 e. The zero-order valence-corrected chi connectivity index (χ0v) is 19.2. The standard InChI is InChI=1S/C24H22N2O6S/c1-12-11-19(28)16-5-4-6-17(23(16)31-12)21-20(14(3)27)13(2)26-18-9-10-25-24(22(18)21)32-33(29,30)15-7-8-15/h4-6,9-11,15,20-21H,7-8H2,1-3H3. The minimum absolute atomic E-state index is 0.0982. The van der Waals surface area contributed by atoms with E-state index in [0.29, 0.717) is 52.1 Å². The zero-order chi connectivity index (χ0) is 23.5. The number of benzene rings is 1. The number of ketones is 1. The molecule has 2 atom stereocenters. The Morgan fingerprint density at radius 2 is 1.94 bits per heavy atom. The number of carbonyl (C=O) groups excluding carboxylic acids is 1. The second-order valence-corrected chi connectivity index (χ2v) is 10.4. The molecule has 0 amide bonds. The molecule has 1 aliphatic heterocycles. The van der Waals surface area contributed by atoms with Gasteiger partial charge in [0.05, 0.1) is 27.8 Å². The summed E-state index contributed by atoms with van der Waals surface area (Å²) in [7, 11) is -3.86. The first-order valence-electron chi connectivity index (χ1n) is 10.7. The number of para-hydroxylation sites is 1. The first-order valence-corrected chi connectivity index (χ1v) is 12.2. The van der Waals surface area contributed by atoms with Gasteiger partial charge in [-0.15, -0.1) is 0 Å². The van der Waals surface area contributed by atoms with Crippen LogP contribution in [0.5, 0.6) is 5.88 Å². The molecule has 9 heteroatoms. The Morgan fingerprint density at radius 1 is 1.18 bits per heavy atom. The Labute approximate surface area is 190 Å². The number of aromatic nitrogens is 1. The van der Waals surface area contributed by atoms with Gasteiger partial charge in [0.2, 0.25) is 5.88 Å². The van der Waals surface area contributed by atoms with E-state index in [1.54, 1.807) is 38.1 Å². The van der Waals surface area contributed by atoms with Gasteiger partial charge in [0.15, 0.2) is 5.43 Å². The highest BCUT2D eigenvalue weighted by Gasteiger charge is 2.43. The summed E-state index contributed by atoms with van der Waals surface area (Å²) >= 11 is 0. The molecule has 5 rings (SSSR count).